The van der Waals surface area contributed by atoms with Crippen LogP contribution in [0, 0.1) is 0 Å². The van der Waals surface area contributed by atoms with Crippen LogP contribution < -0.4 is 0 Å². The van der Waals surface area contributed by atoms with Crippen LogP contribution in [0.4, 0.5) is 0 Å². The van der Waals surface area contributed by atoms with E-state index in [1.165, 1.54) is 0 Å². The molecule has 1 aliphatic rings. The van der Waals surface area contributed by atoms with Crippen LogP contribution in [0.3, 0.4) is 0 Å². The van der Waals surface area contributed by atoms with Crippen molar-refractivity contribution in [3.05, 3.63) is 0 Å². The molecule has 0 saturated carbocycles. The van der Waals surface area contributed by atoms with Gasteiger partial charge < -0.3 is 20.1 Å². The van der Waals surface area contributed by atoms with Crippen molar-refractivity contribution in [2.75, 3.05) is 6.61 Å². The highest BCUT2D eigenvalue weighted by Gasteiger charge is 2.27. The highest BCUT2D eigenvalue weighted by Crippen LogP contribution is 2.17. The standard InChI is InChI=1S/C6H12O4/c7-3-4-1-2-5(8)6(9)10-4/h4-9H,1-3H2/t4-,5-,6+/m1/s1. The van der Waals surface area contributed by atoms with Gasteiger partial charge in [-0.25, -0.2) is 0 Å². The Bertz CT molecular complexity index is 106. The fourth-order valence-corrected chi connectivity index (χ4v) is 0.989. The molecule has 1 aliphatic heterocycles. The van der Waals surface area contributed by atoms with Crippen LogP contribution in [-0.4, -0.2) is 40.4 Å². The normalized spacial score (nSPS) is 41.7. The van der Waals surface area contributed by atoms with Gasteiger partial charge in [-0.15, -0.1) is 0 Å². The lowest BCUT2D eigenvalue weighted by Crippen LogP contribution is -2.39. The van der Waals surface area contributed by atoms with Crippen LogP contribution in [0.1, 0.15) is 12.8 Å². The van der Waals surface area contributed by atoms with Crippen molar-refractivity contribution in [1.29, 1.82) is 0 Å². The second kappa shape index (κ2) is 3.30. The third-order valence-corrected chi connectivity index (χ3v) is 1.65. The van der Waals surface area contributed by atoms with E-state index < -0.39 is 12.4 Å². The summed E-state index contributed by atoms with van der Waals surface area (Å²) < 4.78 is 4.80. The molecule has 4 nitrogen and oxygen atoms in total. The van der Waals surface area contributed by atoms with Crippen molar-refractivity contribution in [2.24, 2.45) is 0 Å². The molecule has 0 radical (unpaired) electrons. The van der Waals surface area contributed by atoms with Gasteiger partial charge in [0, 0.05) is 0 Å². The summed E-state index contributed by atoms with van der Waals surface area (Å²) in [5.74, 6) is 0. The maximum atomic E-state index is 8.93. The zero-order valence-corrected chi connectivity index (χ0v) is 5.60. The summed E-state index contributed by atoms with van der Waals surface area (Å²) in [6.07, 6.45) is -1.12. The molecule has 0 spiro atoms. The predicted molar refractivity (Wildman–Crippen MR) is 33.2 cm³/mol. The molecule has 0 aromatic heterocycles. The first-order chi connectivity index (χ1) is 4.74. The van der Waals surface area contributed by atoms with Crippen molar-refractivity contribution >= 4 is 0 Å². The second-order valence-corrected chi connectivity index (χ2v) is 2.48. The van der Waals surface area contributed by atoms with Gasteiger partial charge in [0.25, 0.3) is 0 Å². The average molecular weight is 148 g/mol. The Labute approximate surface area is 59.1 Å². The Balaban J connectivity index is 2.33. The van der Waals surface area contributed by atoms with E-state index in [4.69, 9.17) is 20.1 Å². The van der Waals surface area contributed by atoms with Gasteiger partial charge in [-0.3, -0.25) is 0 Å². The van der Waals surface area contributed by atoms with E-state index in [1.54, 1.807) is 0 Å². The minimum absolute atomic E-state index is 0.0935. The molecule has 3 atom stereocenters. The summed E-state index contributed by atoms with van der Waals surface area (Å²) in [6, 6.07) is 0. The summed E-state index contributed by atoms with van der Waals surface area (Å²) in [5.41, 5.74) is 0. The fraction of sp³-hybridized carbons (Fsp3) is 1.00. The molecular formula is C6H12O4. The van der Waals surface area contributed by atoms with Crippen LogP contribution in [0.5, 0.6) is 0 Å². The lowest BCUT2D eigenvalue weighted by atomic mass is 10.1. The summed E-state index contributed by atoms with van der Waals surface area (Å²) in [6.45, 7) is -0.0935. The predicted octanol–water partition coefficient (Wildman–Crippen LogP) is -1.16. The zero-order valence-electron chi connectivity index (χ0n) is 5.60. The molecule has 1 rings (SSSR count). The lowest BCUT2D eigenvalue weighted by molar-refractivity contribution is -0.221. The third kappa shape index (κ3) is 1.67. The van der Waals surface area contributed by atoms with Gasteiger partial charge in [0.05, 0.1) is 12.7 Å². The molecule has 1 heterocycles. The number of aliphatic hydroxyl groups excluding tert-OH is 3. The van der Waals surface area contributed by atoms with Gasteiger partial charge in [0.1, 0.15) is 6.10 Å². The van der Waals surface area contributed by atoms with Gasteiger partial charge in [-0.05, 0) is 12.8 Å². The minimum Gasteiger partial charge on any atom is -0.394 e. The van der Waals surface area contributed by atoms with Gasteiger partial charge in [0.15, 0.2) is 6.29 Å². The topological polar surface area (TPSA) is 69.9 Å². The summed E-state index contributed by atoms with van der Waals surface area (Å²) in [5, 5.41) is 26.4. The smallest absolute Gasteiger partial charge is 0.181 e. The van der Waals surface area contributed by atoms with E-state index in [0.29, 0.717) is 12.8 Å². The Kier molecular flexibility index (Phi) is 2.62. The molecule has 0 amide bonds. The van der Waals surface area contributed by atoms with E-state index >= 15 is 0 Å². The molecule has 3 N–H and O–H groups in total. The Morgan fingerprint density at radius 3 is 2.50 bits per heavy atom. The highest BCUT2D eigenvalue weighted by molar-refractivity contribution is 4.70. The molecule has 0 unspecified atom stereocenters. The Morgan fingerprint density at radius 2 is 2.00 bits per heavy atom. The molecule has 1 saturated heterocycles. The molecule has 0 aliphatic carbocycles. The van der Waals surface area contributed by atoms with E-state index in [1.807, 2.05) is 0 Å². The van der Waals surface area contributed by atoms with Gasteiger partial charge in [0.2, 0.25) is 0 Å². The number of aliphatic hydroxyl groups is 3. The van der Waals surface area contributed by atoms with Gasteiger partial charge in [-0.2, -0.15) is 0 Å². The van der Waals surface area contributed by atoms with Gasteiger partial charge in [-0.1, -0.05) is 0 Å². The number of rotatable bonds is 1. The average Bonchev–Trinajstić information content (AvgIpc) is 1.95. The van der Waals surface area contributed by atoms with Crippen molar-refractivity contribution in [1.82, 2.24) is 0 Å². The van der Waals surface area contributed by atoms with Crippen molar-refractivity contribution in [3.63, 3.8) is 0 Å². The number of hydrogen-bond donors (Lipinski definition) is 3. The van der Waals surface area contributed by atoms with Crippen LogP contribution in [0.25, 0.3) is 0 Å². The molecular weight excluding hydrogens is 136 g/mol. The monoisotopic (exact) mass is 148 g/mol. The summed E-state index contributed by atoms with van der Waals surface area (Å²) in [4.78, 5) is 0. The first-order valence-electron chi connectivity index (χ1n) is 3.36. The van der Waals surface area contributed by atoms with Crippen LogP contribution in [0.15, 0.2) is 0 Å². The maximum absolute atomic E-state index is 8.93. The first kappa shape index (κ1) is 7.94. The molecule has 60 valence electrons. The Hall–Kier alpha value is -0.160. The fourth-order valence-electron chi connectivity index (χ4n) is 0.989. The Morgan fingerprint density at radius 1 is 1.30 bits per heavy atom. The van der Waals surface area contributed by atoms with Crippen LogP contribution in [0.2, 0.25) is 0 Å². The molecule has 4 heteroatoms. The van der Waals surface area contributed by atoms with Gasteiger partial charge >= 0.3 is 0 Å². The maximum Gasteiger partial charge on any atom is 0.181 e. The first-order valence-corrected chi connectivity index (χ1v) is 3.36. The number of hydrogen-bond acceptors (Lipinski definition) is 4. The van der Waals surface area contributed by atoms with E-state index in [9.17, 15) is 0 Å². The van der Waals surface area contributed by atoms with Crippen LogP contribution in [-0.2, 0) is 4.74 Å². The lowest BCUT2D eigenvalue weighted by Gasteiger charge is -2.29. The van der Waals surface area contributed by atoms with E-state index in [2.05, 4.69) is 0 Å². The van der Waals surface area contributed by atoms with E-state index in [0.717, 1.165) is 0 Å². The zero-order chi connectivity index (χ0) is 7.56. The molecule has 10 heavy (non-hydrogen) atoms. The second-order valence-electron chi connectivity index (χ2n) is 2.48. The SMILES string of the molecule is OC[C@H]1CC[C@@H](O)[C@@H](O)O1. The number of ether oxygens (including phenoxy) is 1. The van der Waals surface area contributed by atoms with Crippen molar-refractivity contribution < 1.29 is 20.1 Å². The largest absolute Gasteiger partial charge is 0.394 e. The highest BCUT2D eigenvalue weighted by atomic mass is 16.6. The summed E-state index contributed by atoms with van der Waals surface area (Å²) >= 11 is 0. The summed E-state index contributed by atoms with van der Waals surface area (Å²) in [7, 11) is 0. The third-order valence-electron chi connectivity index (χ3n) is 1.65. The molecule has 0 aromatic rings. The molecule has 1 fully saturated rings. The quantitative estimate of drug-likeness (QED) is 0.438. The van der Waals surface area contributed by atoms with Crippen molar-refractivity contribution in [3.8, 4) is 0 Å². The minimum atomic E-state index is -1.12. The van der Waals surface area contributed by atoms with Crippen LogP contribution >= 0.6 is 0 Å². The van der Waals surface area contributed by atoms with Crippen molar-refractivity contribution in [2.45, 2.75) is 31.3 Å². The van der Waals surface area contributed by atoms with E-state index in [-0.39, 0.29) is 12.7 Å². The molecule has 0 bridgehead atoms. The molecule has 0 aromatic carbocycles.